The molecule has 0 bridgehead atoms. The maximum Gasteiger partial charge on any atom is 0.0594 e. The third-order valence-electron chi connectivity index (χ3n) is 10.3. The molecular weight excluding hydrogens is 518 g/mol. The van der Waals surface area contributed by atoms with Gasteiger partial charge in [0, 0.05) is 27.3 Å². The molecule has 1 aromatic heterocycles. The summed E-state index contributed by atoms with van der Waals surface area (Å²) in [5.41, 5.74) is 17.4. The number of para-hydroxylation sites is 1. The molecule has 0 saturated heterocycles. The van der Waals surface area contributed by atoms with Gasteiger partial charge in [0.15, 0.2) is 0 Å². The van der Waals surface area contributed by atoms with Crippen LogP contribution in [0.2, 0.25) is 0 Å². The number of rotatable bonds is 2. The van der Waals surface area contributed by atoms with Gasteiger partial charge in [-0.15, -0.1) is 0 Å². The van der Waals surface area contributed by atoms with Gasteiger partial charge >= 0.3 is 0 Å². The van der Waals surface area contributed by atoms with Crippen molar-refractivity contribution in [1.82, 2.24) is 4.57 Å². The van der Waals surface area contributed by atoms with E-state index in [2.05, 4.69) is 160 Å². The number of aromatic nitrogens is 1. The normalized spacial score (nSPS) is 15.3. The van der Waals surface area contributed by atoms with Crippen LogP contribution in [0.5, 0.6) is 0 Å². The molecule has 0 amide bonds. The zero-order valence-electron chi connectivity index (χ0n) is 25.1. The van der Waals surface area contributed by atoms with Crippen molar-refractivity contribution in [3.05, 3.63) is 150 Å². The second kappa shape index (κ2) is 8.36. The van der Waals surface area contributed by atoms with Crippen LogP contribution in [0.25, 0.3) is 60.9 Å². The first-order valence-electron chi connectivity index (χ1n) is 15.4. The third-order valence-corrected chi connectivity index (χ3v) is 10.3. The standard InChI is InChI=1S/C42H33N/c1-41(2)32-19-11-8-16-29(32)35-36-31-18-10-13-21-34(31)43(28-24-22-27(23-25-28)26-14-6-5-7-15-26)40(36)39-37(38(35)41)30-17-9-12-20-33(30)42(39,3)4/h5-25H,1-4H3. The molecule has 2 aliphatic rings. The molecule has 2 aliphatic carbocycles. The smallest absolute Gasteiger partial charge is 0.0594 e. The minimum Gasteiger partial charge on any atom is -0.309 e. The van der Waals surface area contributed by atoms with Crippen LogP contribution in [0.1, 0.15) is 49.9 Å². The van der Waals surface area contributed by atoms with Crippen LogP contribution in [-0.4, -0.2) is 4.57 Å². The molecule has 0 aliphatic heterocycles. The van der Waals surface area contributed by atoms with E-state index in [-0.39, 0.29) is 10.8 Å². The summed E-state index contributed by atoms with van der Waals surface area (Å²) in [5, 5.41) is 2.71. The molecular formula is C42H33N. The topological polar surface area (TPSA) is 4.93 Å². The number of hydrogen-bond donors (Lipinski definition) is 0. The molecule has 0 radical (unpaired) electrons. The first-order valence-corrected chi connectivity index (χ1v) is 15.4. The van der Waals surface area contributed by atoms with Crippen LogP contribution in [0.15, 0.2) is 127 Å². The predicted molar refractivity (Wildman–Crippen MR) is 181 cm³/mol. The third kappa shape index (κ3) is 3.07. The number of nitrogens with zero attached hydrogens (tertiary/aromatic N) is 1. The molecule has 1 heteroatoms. The van der Waals surface area contributed by atoms with Crippen molar-refractivity contribution in [1.29, 1.82) is 0 Å². The molecule has 6 aromatic carbocycles. The lowest BCUT2D eigenvalue weighted by atomic mass is 9.76. The van der Waals surface area contributed by atoms with E-state index in [0.29, 0.717) is 0 Å². The zero-order valence-corrected chi connectivity index (χ0v) is 25.1. The summed E-state index contributed by atoms with van der Waals surface area (Å²) in [7, 11) is 0. The molecule has 206 valence electrons. The molecule has 0 N–H and O–H groups in total. The minimum atomic E-state index is -0.153. The number of benzene rings is 6. The van der Waals surface area contributed by atoms with Gasteiger partial charge in [0.1, 0.15) is 0 Å². The van der Waals surface area contributed by atoms with Crippen molar-refractivity contribution in [2.24, 2.45) is 0 Å². The van der Waals surface area contributed by atoms with Crippen LogP contribution < -0.4 is 0 Å². The van der Waals surface area contributed by atoms with Gasteiger partial charge in [-0.2, -0.15) is 0 Å². The fourth-order valence-electron chi connectivity index (χ4n) is 8.46. The first-order chi connectivity index (χ1) is 20.9. The second-order valence-corrected chi connectivity index (χ2v) is 13.3. The lowest BCUT2D eigenvalue weighted by Gasteiger charge is -2.28. The van der Waals surface area contributed by atoms with E-state index >= 15 is 0 Å². The van der Waals surface area contributed by atoms with Gasteiger partial charge in [0.05, 0.1) is 11.0 Å². The molecule has 7 aromatic rings. The van der Waals surface area contributed by atoms with E-state index < -0.39 is 0 Å². The fraction of sp³-hybridized carbons (Fsp3) is 0.143. The summed E-state index contributed by atoms with van der Waals surface area (Å²) < 4.78 is 2.56. The van der Waals surface area contributed by atoms with E-state index in [9.17, 15) is 0 Å². The lowest BCUT2D eigenvalue weighted by Crippen LogP contribution is -2.19. The maximum atomic E-state index is 2.56. The molecule has 43 heavy (non-hydrogen) atoms. The first kappa shape index (κ1) is 24.7. The summed E-state index contributed by atoms with van der Waals surface area (Å²) in [4.78, 5) is 0. The van der Waals surface area contributed by atoms with Crippen molar-refractivity contribution in [2.45, 2.75) is 38.5 Å². The van der Waals surface area contributed by atoms with E-state index in [1.807, 2.05) is 0 Å². The quantitative estimate of drug-likeness (QED) is 0.201. The van der Waals surface area contributed by atoms with Crippen LogP contribution in [-0.2, 0) is 10.8 Å². The SMILES string of the molecule is CC1(C)c2ccccc2-c2c1c1c(c3c2c2ccccc2n3-c2ccc(-c3ccccc3)cc2)C(C)(C)c2ccccc2-1. The zero-order chi connectivity index (χ0) is 29.1. The van der Waals surface area contributed by atoms with Crippen molar-refractivity contribution in [3.63, 3.8) is 0 Å². The Morgan fingerprint density at radius 1 is 0.465 bits per heavy atom. The summed E-state index contributed by atoms with van der Waals surface area (Å²) in [6.07, 6.45) is 0. The average molecular weight is 552 g/mol. The highest BCUT2D eigenvalue weighted by molar-refractivity contribution is 6.22. The Kier molecular flexibility index (Phi) is 4.80. The van der Waals surface area contributed by atoms with Gasteiger partial charge in [-0.3, -0.25) is 0 Å². The van der Waals surface area contributed by atoms with Gasteiger partial charge in [-0.05, 0) is 73.8 Å². The number of fused-ring (bicyclic) bond motifs is 12. The molecule has 1 nitrogen and oxygen atoms in total. The average Bonchev–Trinajstić information content (AvgIpc) is 3.59. The van der Waals surface area contributed by atoms with Crippen LogP contribution in [0, 0.1) is 0 Å². The Balaban J connectivity index is 1.49. The van der Waals surface area contributed by atoms with Gasteiger partial charge in [-0.25, -0.2) is 0 Å². The summed E-state index contributed by atoms with van der Waals surface area (Å²) in [5.74, 6) is 0. The predicted octanol–water partition coefficient (Wildman–Crippen LogP) is 11.1. The maximum absolute atomic E-state index is 2.56. The van der Waals surface area contributed by atoms with Gasteiger partial charge < -0.3 is 4.57 Å². The van der Waals surface area contributed by atoms with E-state index in [1.54, 1.807) is 0 Å². The van der Waals surface area contributed by atoms with Crippen molar-refractivity contribution >= 4 is 21.8 Å². The van der Waals surface area contributed by atoms with Crippen LogP contribution >= 0.6 is 0 Å². The minimum absolute atomic E-state index is 0.113. The van der Waals surface area contributed by atoms with Crippen molar-refractivity contribution < 1.29 is 0 Å². The molecule has 0 saturated carbocycles. The highest BCUT2D eigenvalue weighted by Crippen LogP contribution is 2.63. The molecule has 0 unspecified atom stereocenters. The van der Waals surface area contributed by atoms with E-state index in [4.69, 9.17) is 0 Å². The monoisotopic (exact) mass is 551 g/mol. The summed E-state index contributed by atoms with van der Waals surface area (Å²) in [6, 6.07) is 47.1. The molecule has 0 fully saturated rings. The molecule has 0 spiro atoms. The number of hydrogen-bond acceptors (Lipinski definition) is 0. The molecule has 0 atom stereocenters. The summed E-state index contributed by atoms with van der Waals surface area (Å²) >= 11 is 0. The Hall–Kier alpha value is -4.88. The van der Waals surface area contributed by atoms with Crippen LogP contribution in [0.4, 0.5) is 0 Å². The lowest BCUT2D eigenvalue weighted by molar-refractivity contribution is 0.650. The summed E-state index contributed by atoms with van der Waals surface area (Å²) in [6.45, 7) is 9.72. The van der Waals surface area contributed by atoms with Gasteiger partial charge in [0.25, 0.3) is 0 Å². The second-order valence-electron chi connectivity index (χ2n) is 13.3. The van der Waals surface area contributed by atoms with Crippen molar-refractivity contribution in [3.8, 4) is 39.1 Å². The Morgan fingerprint density at radius 3 is 1.70 bits per heavy atom. The highest BCUT2D eigenvalue weighted by Gasteiger charge is 2.47. The largest absolute Gasteiger partial charge is 0.309 e. The fourth-order valence-corrected chi connectivity index (χ4v) is 8.46. The van der Waals surface area contributed by atoms with E-state index in [1.165, 1.54) is 83.1 Å². The van der Waals surface area contributed by atoms with Crippen LogP contribution in [0.3, 0.4) is 0 Å². The Bertz CT molecular complexity index is 2260. The highest BCUT2D eigenvalue weighted by atomic mass is 15.0. The molecule has 1 heterocycles. The molecule has 9 rings (SSSR count). The van der Waals surface area contributed by atoms with Gasteiger partial charge in [0.2, 0.25) is 0 Å². The van der Waals surface area contributed by atoms with Gasteiger partial charge in [-0.1, -0.05) is 137 Å². The Labute approximate surface area is 253 Å². The van der Waals surface area contributed by atoms with Crippen molar-refractivity contribution in [2.75, 3.05) is 0 Å². The Morgan fingerprint density at radius 2 is 1.00 bits per heavy atom. The van der Waals surface area contributed by atoms with E-state index in [0.717, 1.165) is 0 Å².